The average molecular weight is 432 g/mol. The van der Waals surface area contributed by atoms with E-state index in [9.17, 15) is 9.59 Å². The van der Waals surface area contributed by atoms with Crippen molar-refractivity contribution in [3.05, 3.63) is 61.5 Å². The number of rotatable bonds is 3. The SMILES string of the molecule is CCSc1nc2c(c(=O)[nH]1)C(c1cccc(Br)c1)C1=C(CCCC1=O)N2. The molecule has 1 aromatic carbocycles. The zero-order chi connectivity index (χ0) is 18.3. The predicted molar refractivity (Wildman–Crippen MR) is 107 cm³/mol. The molecule has 0 fully saturated rings. The van der Waals surface area contributed by atoms with Crippen LogP contribution in [0.15, 0.2) is 50.0 Å². The Hall–Kier alpha value is -1.86. The smallest absolute Gasteiger partial charge is 0.257 e. The molecule has 2 aliphatic rings. The number of aromatic amines is 1. The molecule has 0 bridgehead atoms. The maximum Gasteiger partial charge on any atom is 0.257 e. The summed E-state index contributed by atoms with van der Waals surface area (Å²) in [5, 5.41) is 3.89. The van der Waals surface area contributed by atoms with E-state index in [1.807, 2.05) is 31.2 Å². The molecule has 1 aliphatic carbocycles. The van der Waals surface area contributed by atoms with Crippen LogP contribution in [0.3, 0.4) is 0 Å². The van der Waals surface area contributed by atoms with Gasteiger partial charge in [-0.05, 0) is 36.3 Å². The summed E-state index contributed by atoms with van der Waals surface area (Å²) in [6.07, 6.45) is 2.15. The van der Waals surface area contributed by atoms with Crippen LogP contribution in [-0.2, 0) is 4.79 Å². The average Bonchev–Trinajstić information content (AvgIpc) is 2.60. The van der Waals surface area contributed by atoms with Crippen LogP contribution in [-0.4, -0.2) is 21.5 Å². The van der Waals surface area contributed by atoms with E-state index in [1.54, 1.807) is 0 Å². The topological polar surface area (TPSA) is 74.8 Å². The molecule has 0 radical (unpaired) electrons. The Kier molecular flexibility index (Phi) is 4.75. The molecule has 7 heteroatoms. The monoisotopic (exact) mass is 431 g/mol. The van der Waals surface area contributed by atoms with Gasteiger partial charge in [-0.2, -0.15) is 0 Å². The normalized spacial score (nSPS) is 19.0. The molecule has 1 aliphatic heterocycles. The van der Waals surface area contributed by atoms with Gasteiger partial charge in [0.2, 0.25) is 0 Å². The summed E-state index contributed by atoms with van der Waals surface area (Å²) >= 11 is 5.00. The number of aromatic nitrogens is 2. The fourth-order valence-corrected chi connectivity index (χ4v) is 4.68. The van der Waals surface area contributed by atoms with E-state index >= 15 is 0 Å². The first-order valence-corrected chi connectivity index (χ1v) is 10.4. The lowest BCUT2D eigenvalue weighted by Gasteiger charge is -2.32. The van der Waals surface area contributed by atoms with Gasteiger partial charge in [0.05, 0.1) is 5.56 Å². The first-order chi connectivity index (χ1) is 12.6. The van der Waals surface area contributed by atoms with Gasteiger partial charge in [0, 0.05) is 28.1 Å². The third-order valence-corrected chi connectivity index (χ3v) is 5.95. The molecule has 26 heavy (non-hydrogen) atoms. The Morgan fingerprint density at radius 3 is 2.92 bits per heavy atom. The third kappa shape index (κ3) is 3.03. The number of nitrogens with one attached hydrogen (secondary N) is 2. The van der Waals surface area contributed by atoms with Crippen LogP contribution in [0.4, 0.5) is 5.82 Å². The number of ketones is 1. The van der Waals surface area contributed by atoms with Crippen molar-refractivity contribution in [1.29, 1.82) is 0 Å². The van der Waals surface area contributed by atoms with Crippen LogP contribution in [0.5, 0.6) is 0 Å². The largest absolute Gasteiger partial charge is 0.343 e. The van der Waals surface area contributed by atoms with Gasteiger partial charge in [-0.3, -0.25) is 9.59 Å². The van der Waals surface area contributed by atoms with Crippen molar-refractivity contribution in [2.75, 3.05) is 11.1 Å². The Labute approximate surface area is 163 Å². The van der Waals surface area contributed by atoms with E-state index in [2.05, 4.69) is 31.2 Å². The lowest BCUT2D eigenvalue weighted by Crippen LogP contribution is -2.32. The number of benzene rings is 1. The molecule has 0 amide bonds. The van der Waals surface area contributed by atoms with Crippen molar-refractivity contribution >= 4 is 39.3 Å². The number of carbonyl (C=O) groups is 1. The minimum Gasteiger partial charge on any atom is -0.343 e. The van der Waals surface area contributed by atoms with Crippen molar-refractivity contribution in [2.24, 2.45) is 0 Å². The summed E-state index contributed by atoms with van der Waals surface area (Å²) in [6.45, 7) is 2.02. The molecule has 4 rings (SSSR count). The van der Waals surface area contributed by atoms with Crippen LogP contribution < -0.4 is 10.9 Å². The molecular formula is C19H18BrN3O2S. The molecule has 0 saturated carbocycles. The summed E-state index contributed by atoms with van der Waals surface area (Å²) < 4.78 is 0.919. The second-order valence-corrected chi connectivity index (χ2v) is 8.52. The Morgan fingerprint density at radius 1 is 1.31 bits per heavy atom. The van der Waals surface area contributed by atoms with E-state index in [4.69, 9.17) is 0 Å². The molecular weight excluding hydrogens is 414 g/mol. The second-order valence-electron chi connectivity index (χ2n) is 6.35. The number of carbonyl (C=O) groups excluding carboxylic acids is 1. The number of nitrogens with zero attached hydrogens (tertiary/aromatic N) is 1. The lowest BCUT2D eigenvalue weighted by atomic mass is 9.76. The van der Waals surface area contributed by atoms with Crippen molar-refractivity contribution in [2.45, 2.75) is 37.3 Å². The summed E-state index contributed by atoms with van der Waals surface area (Å²) in [6, 6.07) is 7.80. The first-order valence-electron chi connectivity index (χ1n) is 8.64. The quantitative estimate of drug-likeness (QED) is 0.562. The van der Waals surface area contributed by atoms with Crippen molar-refractivity contribution in [3.63, 3.8) is 0 Å². The van der Waals surface area contributed by atoms with Crippen LogP contribution in [0.1, 0.15) is 43.2 Å². The highest BCUT2D eigenvalue weighted by molar-refractivity contribution is 9.10. The van der Waals surface area contributed by atoms with Gasteiger partial charge < -0.3 is 10.3 Å². The number of allylic oxidation sites excluding steroid dienone is 2. The maximum absolute atomic E-state index is 12.9. The molecule has 2 heterocycles. The van der Waals surface area contributed by atoms with Crippen LogP contribution >= 0.6 is 27.7 Å². The maximum atomic E-state index is 12.9. The number of H-pyrrole nitrogens is 1. The molecule has 2 N–H and O–H groups in total. The van der Waals surface area contributed by atoms with Gasteiger partial charge >= 0.3 is 0 Å². The summed E-state index contributed by atoms with van der Waals surface area (Å²) in [5.74, 6) is 1.12. The fourth-order valence-electron chi connectivity index (χ4n) is 3.67. The standard InChI is InChI=1S/C19H18BrN3O2S/c1-2-26-19-22-17-16(18(25)23-19)14(10-5-3-6-11(20)9-10)15-12(21-17)7-4-8-13(15)24/h3,5-6,9,14H,2,4,7-8H2,1H3,(H2,21,22,23,25). The highest BCUT2D eigenvalue weighted by Crippen LogP contribution is 2.43. The van der Waals surface area contributed by atoms with Crippen LogP contribution in [0, 0.1) is 0 Å². The lowest BCUT2D eigenvalue weighted by molar-refractivity contribution is -0.116. The highest BCUT2D eigenvalue weighted by Gasteiger charge is 2.37. The fraction of sp³-hybridized carbons (Fsp3) is 0.316. The predicted octanol–water partition coefficient (Wildman–Crippen LogP) is 4.21. The third-order valence-electron chi connectivity index (χ3n) is 4.70. The molecule has 134 valence electrons. The number of Topliss-reactive ketones (excluding diaryl/α,β-unsaturated/α-hetero) is 1. The Morgan fingerprint density at radius 2 is 2.15 bits per heavy atom. The van der Waals surface area contributed by atoms with E-state index in [-0.39, 0.29) is 17.3 Å². The highest BCUT2D eigenvalue weighted by atomic mass is 79.9. The number of anilines is 1. The molecule has 0 spiro atoms. The number of hydrogen-bond acceptors (Lipinski definition) is 5. The summed E-state index contributed by atoms with van der Waals surface area (Å²) in [7, 11) is 0. The number of halogens is 1. The van der Waals surface area contributed by atoms with E-state index in [1.165, 1.54) is 11.8 Å². The van der Waals surface area contributed by atoms with Gasteiger partial charge in [0.1, 0.15) is 5.82 Å². The van der Waals surface area contributed by atoms with E-state index < -0.39 is 0 Å². The minimum absolute atomic E-state index is 0.112. The van der Waals surface area contributed by atoms with Crippen molar-refractivity contribution in [1.82, 2.24) is 9.97 Å². The van der Waals surface area contributed by atoms with E-state index in [0.717, 1.165) is 34.3 Å². The van der Waals surface area contributed by atoms with Gasteiger partial charge in [0.25, 0.3) is 5.56 Å². The number of hydrogen-bond donors (Lipinski definition) is 2. The van der Waals surface area contributed by atoms with Crippen LogP contribution in [0.25, 0.3) is 0 Å². The minimum atomic E-state index is -0.386. The van der Waals surface area contributed by atoms with Gasteiger partial charge in [0.15, 0.2) is 10.9 Å². The number of fused-ring (bicyclic) bond motifs is 1. The van der Waals surface area contributed by atoms with Gasteiger partial charge in [-0.25, -0.2) is 4.98 Å². The molecule has 0 saturated heterocycles. The Bertz CT molecular complexity index is 983. The molecule has 2 aromatic rings. The van der Waals surface area contributed by atoms with Crippen molar-refractivity contribution in [3.8, 4) is 0 Å². The molecule has 1 aromatic heterocycles. The number of thioether (sulfide) groups is 1. The van der Waals surface area contributed by atoms with Gasteiger partial charge in [-0.15, -0.1) is 0 Å². The van der Waals surface area contributed by atoms with Gasteiger partial charge in [-0.1, -0.05) is 46.7 Å². The van der Waals surface area contributed by atoms with Crippen LogP contribution in [0.2, 0.25) is 0 Å². The first kappa shape index (κ1) is 17.5. The Balaban J connectivity index is 1.96. The zero-order valence-corrected chi connectivity index (χ0v) is 16.7. The zero-order valence-electron chi connectivity index (χ0n) is 14.3. The molecule has 1 unspecified atom stereocenters. The summed E-state index contributed by atoms with van der Waals surface area (Å²) in [4.78, 5) is 33.1. The van der Waals surface area contributed by atoms with E-state index in [0.29, 0.717) is 28.5 Å². The molecule has 5 nitrogen and oxygen atoms in total. The summed E-state index contributed by atoms with van der Waals surface area (Å²) in [5.41, 5.74) is 2.88. The van der Waals surface area contributed by atoms with Crippen molar-refractivity contribution < 1.29 is 4.79 Å². The molecule has 1 atom stereocenters. The second kappa shape index (κ2) is 7.04.